The maximum atomic E-state index is 10.1. The highest BCUT2D eigenvalue weighted by Crippen LogP contribution is 2.48. The molecule has 1 aliphatic heterocycles. The lowest BCUT2D eigenvalue weighted by molar-refractivity contribution is -0.0458. The molecule has 1 heterocycles. The molecule has 0 spiro atoms. The molecule has 2 nitrogen and oxygen atoms in total. The normalized spacial score (nSPS) is 52.5. The van der Waals surface area contributed by atoms with E-state index in [1.807, 2.05) is 0 Å². The quantitative estimate of drug-likeness (QED) is 0.653. The third-order valence-corrected chi connectivity index (χ3v) is 4.61. The summed E-state index contributed by atoms with van der Waals surface area (Å²) in [5, 5.41) is 10.1. The number of rotatable bonds is 1. The smallest absolute Gasteiger partial charge is 0.192 e. The van der Waals surface area contributed by atoms with Gasteiger partial charge in [0.2, 0.25) is 0 Å². The molecule has 3 fully saturated rings. The second-order valence-electron chi connectivity index (χ2n) is 5.45. The molecule has 0 aromatic carbocycles. The number of hydrogen-bond donors (Lipinski definition) is 1. The largest absolute Gasteiger partial charge is 0.363 e. The van der Waals surface area contributed by atoms with Gasteiger partial charge in [0.1, 0.15) is 6.61 Å². The van der Waals surface area contributed by atoms with E-state index < -0.39 is 5.79 Å². The van der Waals surface area contributed by atoms with Gasteiger partial charge in [0, 0.05) is 5.92 Å². The van der Waals surface area contributed by atoms with Gasteiger partial charge < -0.3 is 9.84 Å². The van der Waals surface area contributed by atoms with E-state index in [1.165, 1.54) is 44.9 Å². The first-order valence-electron chi connectivity index (χ1n) is 6.14. The maximum absolute atomic E-state index is 10.1. The predicted molar refractivity (Wildman–Crippen MR) is 53.7 cm³/mol. The van der Waals surface area contributed by atoms with Gasteiger partial charge >= 0.3 is 0 Å². The monoisotopic (exact) mass is 196 g/mol. The van der Waals surface area contributed by atoms with Crippen LogP contribution >= 0.6 is 0 Å². The maximum Gasteiger partial charge on any atom is 0.192 e. The van der Waals surface area contributed by atoms with E-state index in [-0.39, 0.29) is 0 Å². The van der Waals surface area contributed by atoms with E-state index in [2.05, 4.69) is 0 Å². The Morgan fingerprint density at radius 2 is 1.79 bits per heavy atom. The Morgan fingerprint density at radius 1 is 1.00 bits per heavy atom. The Morgan fingerprint density at radius 3 is 2.57 bits per heavy atom. The average Bonchev–Trinajstić information content (AvgIpc) is 2.89. The molecule has 2 aliphatic carbocycles. The first kappa shape index (κ1) is 9.17. The van der Waals surface area contributed by atoms with Crippen molar-refractivity contribution in [3.05, 3.63) is 0 Å². The van der Waals surface area contributed by atoms with E-state index in [1.54, 1.807) is 0 Å². The lowest BCUT2D eigenvalue weighted by Gasteiger charge is -2.28. The van der Waals surface area contributed by atoms with Gasteiger partial charge in [0.05, 0.1) is 0 Å². The van der Waals surface area contributed by atoms with Crippen LogP contribution < -0.4 is 0 Å². The van der Waals surface area contributed by atoms with Crippen molar-refractivity contribution in [2.45, 2.75) is 50.7 Å². The first-order valence-corrected chi connectivity index (χ1v) is 6.14. The molecule has 3 aliphatic rings. The van der Waals surface area contributed by atoms with Gasteiger partial charge in [-0.3, -0.25) is 0 Å². The van der Waals surface area contributed by atoms with Crippen molar-refractivity contribution in [2.75, 3.05) is 6.61 Å². The van der Waals surface area contributed by atoms with Gasteiger partial charge in [-0.25, -0.2) is 0 Å². The van der Waals surface area contributed by atoms with Crippen molar-refractivity contribution in [3.8, 4) is 0 Å². The minimum absolute atomic E-state index is 0.452. The molecule has 0 aromatic rings. The highest BCUT2D eigenvalue weighted by molar-refractivity contribution is 4.94. The van der Waals surface area contributed by atoms with Crippen LogP contribution in [0.2, 0.25) is 0 Å². The third-order valence-electron chi connectivity index (χ3n) is 4.61. The fourth-order valence-corrected chi connectivity index (χ4v) is 3.63. The summed E-state index contributed by atoms with van der Waals surface area (Å²) in [7, 11) is 0. The molecule has 3 rings (SSSR count). The van der Waals surface area contributed by atoms with E-state index in [9.17, 15) is 5.11 Å². The van der Waals surface area contributed by atoms with Crippen LogP contribution in [0, 0.1) is 17.8 Å². The Bertz CT molecular complexity index is 222. The van der Waals surface area contributed by atoms with Crippen LogP contribution in [0.15, 0.2) is 0 Å². The SMILES string of the molecule is OC1(C2CCC3CCCC2CC3)CO1. The summed E-state index contributed by atoms with van der Waals surface area (Å²) in [6.45, 7) is 0.596. The fourth-order valence-electron chi connectivity index (χ4n) is 3.63. The van der Waals surface area contributed by atoms with E-state index >= 15 is 0 Å². The van der Waals surface area contributed by atoms with E-state index in [0.717, 1.165) is 11.8 Å². The topological polar surface area (TPSA) is 32.8 Å². The molecule has 2 heteroatoms. The van der Waals surface area contributed by atoms with Crippen molar-refractivity contribution in [3.63, 3.8) is 0 Å². The third kappa shape index (κ3) is 1.49. The molecule has 2 saturated carbocycles. The molecule has 1 saturated heterocycles. The van der Waals surface area contributed by atoms with Crippen molar-refractivity contribution >= 4 is 0 Å². The molecule has 4 atom stereocenters. The summed E-state index contributed by atoms with van der Waals surface area (Å²) in [4.78, 5) is 0. The average molecular weight is 196 g/mol. The second-order valence-corrected chi connectivity index (χ2v) is 5.45. The Hall–Kier alpha value is -0.0800. The van der Waals surface area contributed by atoms with Crippen LogP contribution in [0.5, 0.6) is 0 Å². The first-order chi connectivity index (χ1) is 6.78. The highest BCUT2D eigenvalue weighted by Gasteiger charge is 2.53. The molecule has 2 bridgehead atoms. The standard InChI is InChI=1S/C12H20O2/c13-12(8-14-12)11-7-5-9-2-1-3-10(11)6-4-9/h9-11,13H,1-8H2. The van der Waals surface area contributed by atoms with E-state index in [0.29, 0.717) is 12.5 Å². The van der Waals surface area contributed by atoms with Gasteiger partial charge in [0.25, 0.3) is 0 Å². The number of ether oxygens (including phenoxy) is 1. The lowest BCUT2D eigenvalue weighted by Crippen LogP contribution is -2.30. The van der Waals surface area contributed by atoms with Crippen LogP contribution in [-0.4, -0.2) is 17.5 Å². The van der Waals surface area contributed by atoms with E-state index in [4.69, 9.17) is 4.74 Å². The van der Waals surface area contributed by atoms with Crippen LogP contribution in [0.4, 0.5) is 0 Å². The van der Waals surface area contributed by atoms with Gasteiger partial charge in [-0.15, -0.1) is 0 Å². The van der Waals surface area contributed by atoms with Crippen LogP contribution in [0.1, 0.15) is 44.9 Å². The summed E-state index contributed by atoms with van der Waals surface area (Å²) in [6.07, 6.45) is 9.40. The summed E-state index contributed by atoms with van der Waals surface area (Å²) in [5.74, 6) is 1.45. The van der Waals surface area contributed by atoms with Crippen molar-refractivity contribution in [1.82, 2.24) is 0 Å². The Kier molecular flexibility index (Phi) is 2.10. The molecular formula is C12H20O2. The summed E-state index contributed by atoms with van der Waals surface area (Å²) in [5.41, 5.74) is 0. The van der Waals surface area contributed by atoms with Crippen molar-refractivity contribution < 1.29 is 9.84 Å². The summed E-state index contributed by atoms with van der Waals surface area (Å²) >= 11 is 0. The van der Waals surface area contributed by atoms with Crippen LogP contribution in [0.3, 0.4) is 0 Å². The molecule has 80 valence electrons. The van der Waals surface area contributed by atoms with Gasteiger partial charge in [-0.1, -0.05) is 19.3 Å². The minimum Gasteiger partial charge on any atom is -0.363 e. The number of hydrogen-bond acceptors (Lipinski definition) is 2. The van der Waals surface area contributed by atoms with Gasteiger partial charge in [-0.05, 0) is 37.5 Å². The van der Waals surface area contributed by atoms with Crippen LogP contribution in [-0.2, 0) is 4.74 Å². The zero-order valence-corrected chi connectivity index (χ0v) is 8.74. The van der Waals surface area contributed by atoms with Crippen molar-refractivity contribution in [1.29, 1.82) is 0 Å². The molecule has 14 heavy (non-hydrogen) atoms. The molecule has 1 N–H and O–H groups in total. The number of aliphatic hydroxyl groups is 1. The van der Waals surface area contributed by atoms with Gasteiger partial charge in [0.15, 0.2) is 5.79 Å². The molecular weight excluding hydrogens is 176 g/mol. The number of fused-ring (bicyclic) bond motifs is 3. The predicted octanol–water partition coefficient (Wildman–Crippen LogP) is 2.31. The highest BCUT2D eigenvalue weighted by atomic mass is 16.7. The van der Waals surface area contributed by atoms with Crippen molar-refractivity contribution in [2.24, 2.45) is 17.8 Å². The van der Waals surface area contributed by atoms with Crippen LogP contribution in [0.25, 0.3) is 0 Å². The zero-order chi connectivity index (χ0) is 9.60. The molecule has 0 amide bonds. The second kappa shape index (κ2) is 3.21. The Labute approximate surface area is 85.6 Å². The lowest BCUT2D eigenvalue weighted by atomic mass is 9.79. The zero-order valence-electron chi connectivity index (χ0n) is 8.74. The summed E-state index contributed by atoms with van der Waals surface area (Å²) < 4.78 is 5.24. The van der Waals surface area contributed by atoms with Gasteiger partial charge in [-0.2, -0.15) is 0 Å². The fraction of sp³-hybridized carbons (Fsp3) is 1.00. The number of epoxide rings is 1. The molecule has 4 unspecified atom stereocenters. The molecule has 0 aromatic heterocycles. The Balaban J connectivity index is 1.78. The summed E-state index contributed by atoms with van der Waals surface area (Å²) in [6, 6.07) is 0. The minimum atomic E-state index is -0.698. The molecule has 0 radical (unpaired) electrons.